The molecule has 0 N–H and O–H groups in total. The third kappa shape index (κ3) is 2.99. The van der Waals surface area contributed by atoms with E-state index >= 15 is 0 Å². The fourth-order valence-corrected chi connectivity index (χ4v) is 2.85. The first-order chi connectivity index (χ1) is 10.7. The molecule has 2 atom stereocenters. The monoisotopic (exact) mass is 297 g/mol. The summed E-state index contributed by atoms with van der Waals surface area (Å²) in [6.07, 6.45) is 4.64. The summed E-state index contributed by atoms with van der Waals surface area (Å²) in [5.41, 5.74) is 2.97. The summed E-state index contributed by atoms with van der Waals surface area (Å²) in [6, 6.07) is 7.45. The number of anilines is 1. The minimum Gasteiger partial charge on any atom is -0.372 e. The summed E-state index contributed by atoms with van der Waals surface area (Å²) in [5, 5.41) is 0. The quantitative estimate of drug-likeness (QED) is 0.815. The lowest BCUT2D eigenvalue weighted by molar-refractivity contribution is -0.00527. The summed E-state index contributed by atoms with van der Waals surface area (Å²) >= 11 is 0. The average Bonchev–Trinajstić information content (AvgIpc) is 2.54. The van der Waals surface area contributed by atoms with E-state index in [0.29, 0.717) is 11.3 Å². The first-order valence-electron chi connectivity index (χ1n) is 7.44. The lowest BCUT2D eigenvalue weighted by Gasteiger charge is -2.37. The molecule has 3 heterocycles. The summed E-state index contributed by atoms with van der Waals surface area (Å²) in [5.74, 6) is 0. The maximum Gasteiger partial charge on any atom is 0.152 e. The van der Waals surface area contributed by atoms with E-state index in [4.69, 9.17) is 4.74 Å². The number of aromatic nitrogens is 2. The lowest BCUT2D eigenvalue weighted by atomic mass is 10.1. The Labute approximate surface area is 130 Å². The van der Waals surface area contributed by atoms with Crippen LogP contribution < -0.4 is 4.90 Å². The number of carbonyl (C=O) groups excluding carboxylic acids is 1. The molecule has 0 aromatic carbocycles. The molecule has 114 valence electrons. The number of nitrogens with zero attached hydrogens (tertiary/aromatic N) is 3. The van der Waals surface area contributed by atoms with Crippen molar-refractivity contribution in [1.29, 1.82) is 0 Å². The van der Waals surface area contributed by atoms with Crippen LogP contribution in [0.2, 0.25) is 0 Å². The van der Waals surface area contributed by atoms with Crippen LogP contribution in [0.15, 0.2) is 36.7 Å². The molecule has 2 aromatic rings. The number of morpholine rings is 1. The van der Waals surface area contributed by atoms with Gasteiger partial charge in [-0.3, -0.25) is 14.8 Å². The van der Waals surface area contributed by atoms with Gasteiger partial charge in [-0.2, -0.15) is 0 Å². The standard InChI is InChI=1S/C17H19N3O2/c1-12-9-20(10-13(2)22-12)17-8-19-16(7-14(17)11-21)15-5-3-4-6-18-15/h3-8,11-13H,9-10H2,1-2H3/t12-,13+. The molecule has 22 heavy (non-hydrogen) atoms. The lowest BCUT2D eigenvalue weighted by Crippen LogP contribution is -2.45. The van der Waals surface area contributed by atoms with Crippen LogP contribution in [0, 0.1) is 0 Å². The zero-order chi connectivity index (χ0) is 15.5. The largest absolute Gasteiger partial charge is 0.372 e. The van der Waals surface area contributed by atoms with Crippen molar-refractivity contribution in [2.45, 2.75) is 26.1 Å². The van der Waals surface area contributed by atoms with Crippen LogP contribution in [0.5, 0.6) is 0 Å². The summed E-state index contributed by atoms with van der Waals surface area (Å²) in [6.45, 7) is 5.60. The SMILES string of the molecule is C[C@@H]1CN(c2cnc(-c3ccccn3)cc2C=O)C[C@H](C)O1. The van der Waals surface area contributed by atoms with Crippen LogP contribution in [0.4, 0.5) is 5.69 Å². The molecule has 2 aromatic heterocycles. The number of aldehydes is 1. The summed E-state index contributed by atoms with van der Waals surface area (Å²) in [4.78, 5) is 22.4. The molecule has 0 amide bonds. The second-order valence-electron chi connectivity index (χ2n) is 5.62. The number of hydrogen-bond acceptors (Lipinski definition) is 5. The van der Waals surface area contributed by atoms with Gasteiger partial charge in [0, 0.05) is 24.8 Å². The normalized spacial score (nSPS) is 21.6. The van der Waals surface area contributed by atoms with Gasteiger partial charge in [-0.05, 0) is 32.0 Å². The van der Waals surface area contributed by atoms with Crippen molar-refractivity contribution in [3.63, 3.8) is 0 Å². The van der Waals surface area contributed by atoms with Crippen molar-refractivity contribution < 1.29 is 9.53 Å². The first-order valence-corrected chi connectivity index (χ1v) is 7.44. The van der Waals surface area contributed by atoms with E-state index in [2.05, 4.69) is 14.9 Å². The summed E-state index contributed by atoms with van der Waals surface area (Å²) in [7, 11) is 0. The highest BCUT2D eigenvalue weighted by atomic mass is 16.5. The first kappa shape index (κ1) is 14.7. The number of hydrogen-bond donors (Lipinski definition) is 0. The molecule has 5 heteroatoms. The number of carbonyl (C=O) groups is 1. The minimum absolute atomic E-state index is 0.138. The van der Waals surface area contributed by atoms with Crippen molar-refractivity contribution in [3.05, 3.63) is 42.2 Å². The molecule has 0 unspecified atom stereocenters. The number of rotatable bonds is 3. The van der Waals surface area contributed by atoms with Crippen molar-refractivity contribution in [2.75, 3.05) is 18.0 Å². The van der Waals surface area contributed by atoms with Crippen molar-refractivity contribution >= 4 is 12.0 Å². The maximum atomic E-state index is 11.5. The third-order valence-corrected chi connectivity index (χ3v) is 3.73. The van der Waals surface area contributed by atoms with Crippen molar-refractivity contribution in [1.82, 2.24) is 9.97 Å². The highest BCUT2D eigenvalue weighted by molar-refractivity contribution is 5.86. The molecule has 0 radical (unpaired) electrons. The van der Waals surface area contributed by atoms with Gasteiger partial charge in [-0.15, -0.1) is 0 Å². The van der Waals surface area contributed by atoms with Crippen molar-refractivity contribution in [3.8, 4) is 11.4 Å². The van der Waals surface area contributed by atoms with E-state index in [1.165, 1.54) is 0 Å². The van der Waals surface area contributed by atoms with E-state index in [9.17, 15) is 4.79 Å². The van der Waals surface area contributed by atoms with Crippen LogP contribution in [0.3, 0.4) is 0 Å². The minimum atomic E-state index is 0.138. The zero-order valence-corrected chi connectivity index (χ0v) is 12.8. The number of ether oxygens (including phenoxy) is 1. The predicted octanol–water partition coefficient (Wildman–Crippen LogP) is 2.57. The van der Waals surface area contributed by atoms with Gasteiger partial charge < -0.3 is 9.64 Å². The topological polar surface area (TPSA) is 55.3 Å². The second kappa shape index (κ2) is 6.23. The van der Waals surface area contributed by atoms with E-state index in [-0.39, 0.29) is 12.2 Å². The van der Waals surface area contributed by atoms with E-state index < -0.39 is 0 Å². The molecule has 3 rings (SSSR count). The average molecular weight is 297 g/mol. The van der Waals surface area contributed by atoms with Gasteiger partial charge in [0.1, 0.15) is 0 Å². The Morgan fingerprint density at radius 3 is 2.59 bits per heavy atom. The molecule has 1 saturated heterocycles. The Hall–Kier alpha value is -2.27. The van der Waals surface area contributed by atoms with Gasteiger partial charge in [0.2, 0.25) is 0 Å². The van der Waals surface area contributed by atoms with Crippen LogP contribution in [-0.2, 0) is 4.74 Å². The molecule has 0 aliphatic carbocycles. The van der Waals surface area contributed by atoms with Gasteiger partial charge in [0.15, 0.2) is 6.29 Å². The molecule has 0 saturated carbocycles. The Morgan fingerprint density at radius 1 is 1.18 bits per heavy atom. The molecule has 1 fully saturated rings. The number of pyridine rings is 2. The van der Waals surface area contributed by atoms with Crippen LogP contribution >= 0.6 is 0 Å². The highest BCUT2D eigenvalue weighted by Gasteiger charge is 2.24. The van der Waals surface area contributed by atoms with E-state index in [0.717, 1.165) is 30.8 Å². The molecular weight excluding hydrogens is 278 g/mol. The second-order valence-corrected chi connectivity index (χ2v) is 5.62. The van der Waals surface area contributed by atoms with Gasteiger partial charge in [-0.25, -0.2) is 0 Å². The van der Waals surface area contributed by atoms with Crippen molar-refractivity contribution in [2.24, 2.45) is 0 Å². The van der Waals surface area contributed by atoms with Gasteiger partial charge >= 0.3 is 0 Å². The predicted molar refractivity (Wildman–Crippen MR) is 85.1 cm³/mol. The third-order valence-electron chi connectivity index (χ3n) is 3.73. The van der Waals surface area contributed by atoms with Gasteiger partial charge in [0.05, 0.1) is 35.5 Å². The van der Waals surface area contributed by atoms with E-state index in [1.807, 2.05) is 32.0 Å². The molecular formula is C17H19N3O2. The zero-order valence-electron chi connectivity index (χ0n) is 12.8. The van der Waals surface area contributed by atoms with Crippen LogP contribution in [0.1, 0.15) is 24.2 Å². The summed E-state index contributed by atoms with van der Waals surface area (Å²) < 4.78 is 5.74. The molecule has 1 aliphatic rings. The fraction of sp³-hybridized carbons (Fsp3) is 0.353. The van der Waals surface area contributed by atoms with Crippen LogP contribution in [-0.4, -0.2) is 41.6 Å². The molecule has 5 nitrogen and oxygen atoms in total. The maximum absolute atomic E-state index is 11.5. The van der Waals surface area contributed by atoms with Gasteiger partial charge in [0.25, 0.3) is 0 Å². The highest BCUT2D eigenvalue weighted by Crippen LogP contribution is 2.26. The Bertz CT molecular complexity index is 650. The fourth-order valence-electron chi connectivity index (χ4n) is 2.85. The van der Waals surface area contributed by atoms with E-state index in [1.54, 1.807) is 18.5 Å². The molecule has 0 spiro atoms. The Balaban J connectivity index is 1.94. The molecule has 0 bridgehead atoms. The Kier molecular flexibility index (Phi) is 4.15. The van der Waals surface area contributed by atoms with Gasteiger partial charge in [-0.1, -0.05) is 6.07 Å². The molecule has 1 aliphatic heterocycles. The van der Waals surface area contributed by atoms with Crippen LogP contribution in [0.25, 0.3) is 11.4 Å². The Morgan fingerprint density at radius 2 is 1.95 bits per heavy atom. The smallest absolute Gasteiger partial charge is 0.152 e.